The van der Waals surface area contributed by atoms with Crippen molar-refractivity contribution in [3.8, 4) is 0 Å². The van der Waals surface area contributed by atoms with Crippen LogP contribution in [0.15, 0.2) is 36.4 Å². The van der Waals surface area contributed by atoms with E-state index in [0.29, 0.717) is 40.2 Å². The van der Waals surface area contributed by atoms with Crippen LogP contribution in [-0.2, 0) is 35.4 Å². The van der Waals surface area contributed by atoms with E-state index in [2.05, 4.69) is 5.32 Å². The fraction of sp³-hybridized carbons (Fsp3) is 0.273. The molecule has 0 unspecified atom stereocenters. The Morgan fingerprint density at radius 1 is 1.17 bits per heavy atom. The number of hydrogen-bond acceptors (Lipinski definition) is 2. The van der Waals surface area contributed by atoms with Crippen LogP contribution >= 0.6 is 23.2 Å². The number of hydrogen-bond donors (Lipinski definition) is 2. The molecule has 0 fully saturated rings. The molecule has 1 aromatic heterocycles. The number of nitrogens with zero attached hydrogens (tertiary/aromatic N) is 1. The van der Waals surface area contributed by atoms with Gasteiger partial charge in [-0.25, -0.2) is 4.39 Å². The fourth-order valence-electron chi connectivity index (χ4n) is 4.17. The number of aromatic nitrogens is 1. The fourth-order valence-corrected chi connectivity index (χ4v) is 4.50. The molecule has 0 saturated heterocycles. The molecule has 4 rings (SSSR count). The Hall–Kier alpha value is -2.57. The minimum absolute atomic E-state index is 0.111. The summed E-state index contributed by atoms with van der Waals surface area (Å²) in [6, 6.07) is 9.36. The summed E-state index contributed by atoms with van der Waals surface area (Å²) in [4.78, 5) is 23.8. The molecular weight excluding hydrogens is 430 g/mol. The van der Waals surface area contributed by atoms with Gasteiger partial charge in [-0.3, -0.25) is 9.59 Å². The number of fused-ring (bicyclic) bond motifs is 3. The number of nitrogens with one attached hydrogen (secondary N) is 1. The van der Waals surface area contributed by atoms with E-state index >= 15 is 0 Å². The lowest BCUT2D eigenvalue weighted by atomic mass is 9.91. The Kier molecular flexibility index (Phi) is 5.71. The molecule has 2 N–H and O–H groups in total. The van der Waals surface area contributed by atoms with Crippen molar-refractivity contribution in [3.05, 3.63) is 69.1 Å². The Bertz CT molecular complexity index is 1160. The zero-order valence-electron chi connectivity index (χ0n) is 15.9. The van der Waals surface area contributed by atoms with Crippen LogP contribution < -0.4 is 5.32 Å². The standard InChI is InChI=1S/C22H19Cl2FN2O3/c23-17-4-1-12(7-18(17)24)8-21(28)26-14-3-6-20-16(10-14)15-9-13(25)2-5-19(15)27(20)11-22(29)30/h1-2,4-5,7,9,14H,3,6,8,10-11H2,(H,26,28)(H,29,30)/t14-/m1/s1. The van der Waals surface area contributed by atoms with Gasteiger partial charge in [-0.05, 0) is 60.7 Å². The topological polar surface area (TPSA) is 71.3 Å². The van der Waals surface area contributed by atoms with Gasteiger partial charge in [-0.15, -0.1) is 0 Å². The van der Waals surface area contributed by atoms with E-state index in [1.165, 1.54) is 12.1 Å². The van der Waals surface area contributed by atoms with Crippen LogP contribution in [0.2, 0.25) is 10.0 Å². The molecule has 8 heteroatoms. The predicted molar refractivity (Wildman–Crippen MR) is 114 cm³/mol. The lowest BCUT2D eigenvalue weighted by molar-refractivity contribution is -0.137. The first kappa shape index (κ1) is 20.7. The second kappa shape index (κ2) is 8.28. The minimum Gasteiger partial charge on any atom is -0.480 e. The molecule has 0 spiro atoms. The van der Waals surface area contributed by atoms with Gasteiger partial charge in [0.2, 0.25) is 5.91 Å². The summed E-state index contributed by atoms with van der Waals surface area (Å²) in [6.45, 7) is -0.175. The number of carbonyl (C=O) groups is 2. The van der Waals surface area contributed by atoms with Gasteiger partial charge in [0.05, 0.1) is 16.5 Å². The van der Waals surface area contributed by atoms with E-state index < -0.39 is 5.97 Å². The number of benzene rings is 2. The predicted octanol–water partition coefficient (Wildman–Crippen LogP) is 4.39. The molecule has 1 atom stereocenters. The Morgan fingerprint density at radius 2 is 1.97 bits per heavy atom. The van der Waals surface area contributed by atoms with Crippen molar-refractivity contribution < 1.29 is 19.1 Å². The van der Waals surface area contributed by atoms with Crippen molar-refractivity contribution in [1.82, 2.24) is 9.88 Å². The van der Waals surface area contributed by atoms with E-state index in [-0.39, 0.29) is 30.7 Å². The van der Waals surface area contributed by atoms with Crippen LogP contribution in [-0.4, -0.2) is 27.6 Å². The molecule has 5 nitrogen and oxygen atoms in total. The van der Waals surface area contributed by atoms with Crippen LogP contribution in [0, 0.1) is 5.82 Å². The van der Waals surface area contributed by atoms with Gasteiger partial charge in [-0.1, -0.05) is 29.3 Å². The molecule has 0 bridgehead atoms. The number of amides is 1. The van der Waals surface area contributed by atoms with Gasteiger partial charge < -0.3 is 15.0 Å². The Balaban J connectivity index is 1.55. The summed E-state index contributed by atoms with van der Waals surface area (Å²) < 4.78 is 15.6. The van der Waals surface area contributed by atoms with Gasteiger partial charge in [0.1, 0.15) is 12.4 Å². The molecule has 30 heavy (non-hydrogen) atoms. The van der Waals surface area contributed by atoms with Crippen molar-refractivity contribution in [3.63, 3.8) is 0 Å². The molecule has 1 aliphatic carbocycles. The molecule has 2 aromatic carbocycles. The number of rotatable bonds is 5. The highest BCUT2D eigenvalue weighted by atomic mass is 35.5. The Labute approximate surface area is 182 Å². The summed E-state index contributed by atoms with van der Waals surface area (Å²) >= 11 is 11.9. The smallest absolute Gasteiger partial charge is 0.323 e. The maximum Gasteiger partial charge on any atom is 0.323 e. The van der Waals surface area contributed by atoms with E-state index in [4.69, 9.17) is 23.2 Å². The lowest BCUT2D eigenvalue weighted by Crippen LogP contribution is -2.39. The highest BCUT2D eigenvalue weighted by molar-refractivity contribution is 6.42. The van der Waals surface area contributed by atoms with Crippen LogP contribution in [0.4, 0.5) is 4.39 Å². The second-order valence-electron chi connectivity index (χ2n) is 7.50. The highest BCUT2D eigenvalue weighted by Gasteiger charge is 2.27. The van der Waals surface area contributed by atoms with Crippen LogP contribution in [0.5, 0.6) is 0 Å². The average molecular weight is 449 g/mol. The van der Waals surface area contributed by atoms with Gasteiger partial charge in [0.25, 0.3) is 0 Å². The first-order valence-electron chi connectivity index (χ1n) is 9.56. The summed E-state index contributed by atoms with van der Waals surface area (Å²) in [5.74, 6) is -1.46. The van der Waals surface area contributed by atoms with E-state index in [1.807, 2.05) is 0 Å². The zero-order chi connectivity index (χ0) is 21.4. The zero-order valence-corrected chi connectivity index (χ0v) is 17.4. The number of halogens is 3. The third kappa shape index (κ3) is 4.16. The van der Waals surface area contributed by atoms with Crippen molar-refractivity contribution in [2.45, 2.75) is 38.3 Å². The Morgan fingerprint density at radius 3 is 2.70 bits per heavy atom. The second-order valence-corrected chi connectivity index (χ2v) is 8.31. The molecule has 0 saturated carbocycles. The first-order chi connectivity index (χ1) is 14.3. The average Bonchev–Trinajstić information content (AvgIpc) is 2.97. The molecule has 156 valence electrons. The largest absolute Gasteiger partial charge is 0.480 e. The van der Waals surface area contributed by atoms with Gasteiger partial charge in [0.15, 0.2) is 0 Å². The molecule has 1 heterocycles. The maximum atomic E-state index is 13.9. The van der Waals surface area contributed by atoms with Crippen molar-refractivity contribution in [1.29, 1.82) is 0 Å². The normalized spacial score (nSPS) is 15.8. The third-order valence-corrected chi connectivity index (χ3v) is 6.18. The van der Waals surface area contributed by atoms with Crippen molar-refractivity contribution >= 4 is 46.0 Å². The van der Waals surface area contributed by atoms with E-state index in [1.54, 1.807) is 28.8 Å². The van der Waals surface area contributed by atoms with Crippen LogP contribution in [0.1, 0.15) is 23.2 Å². The van der Waals surface area contributed by atoms with Crippen LogP contribution in [0.3, 0.4) is 0 Å². The molecular formula is C22H19Cl2FN2O3. The third-order valence-electron chi connectivity index (χ3n) is 5.44. The lowest BCUT2D eigenvalue weighted by Gasteiger charge is -2.25. The SMILES string of the molecule is O=C(O)Cn1c2c(c3cc(F)ccc31)C[C@H](NC(=O)Cc1ccc(Cl)c(Cl)c1)CC2. The van der Waals surface area contributed by atoms with E-state index in [9.17, 15) is 19.1 Å². The molecule has 1 amide bonds. The molecule has 0 radical (unpaired) electrons. The van der Waals surface area contributed by atoms with Gasteiger partial charge >= 0.3 is 5.97 Å². The molecule has 0 aliphatic heterocycles. The number of aliphatic carboxylic acids is 1. The summed E-state index contributed by atoms with van der Waals surface area (Å²) in [6.07, 6.45) is 1.99. The quantitative estimate of drug-likeness (QED) is 0.607. The minimum atomic E-state index is -0.948. The number of carboxylic acid groups (broad SMARTS) is 1. The number of carbonyl (C=O) groups excluding carboxylic acids is 1. The van der Waals surface area contributed by atoms with Gasteiger partial charge in [0, 0.05) is 22.6 Å². The van der Waals surface area contributed by atoms with Crippen molar-refractivity contribution in [2.75, 3.05) is 0 Å². The monoisotopic (exact) mass is 448 g/mol. The first-order valence-corrected chi connectivity index (χ1v) is 10.3. The van der Waals surface area contributed by atoms with Crippen LogP contribution in [0.25, 0.3) is 10.9 Å². The van der Waals surface area contributed by atoms with Crippen molar-refractivity contribution in [2.24, 2.45) is 0 Å². The molecule has 1 aliphatic rings. The summed E-state index contributed by atoms with van der Waals surface area (Å²) in [7, 11) is 0. The summed E-state index contributed by atoms with van der Waals surface area (Å²) in [5.41, 5.74) is 3.26. The van der Waals surface area contributed by atoms with Gasteiger partial charge in [-0.2, -0.15) is 0 Å². The maximum absolute atomic E-state index is 13.9. The highest BCUT2D eigenvalue weighted by Crippen LogP contribution is 2.33. The molecule has 3 aromatic rings. The number of carboxylic acids is 1. The van der Waals surface area contributed by atoms with E-state index in [0.717, 1.165) is 16.8 Å². The summed E-state index contributed by atoms with van der Waals surface area (Å²) in [5, 5.41) is 13.9.